The van der Waals surface area contributed by atoms with Gasteiger partial charge in [0.25, 0.3) is 5.91 Å². The Bertz CT molecular complexity index is 453. The van der Waals surface area contributed by atoms with Gasteiger partial charge in [0, 0.05) is 12.7 Å². The van der Waals surface area contributed by atoms with Crippen LogP contribution in [0.3, 0.4) is 0 Å². The molecule has 0 unspecified atom stereocenters. The molecule has 17 heavy (non-hydrogen) atoms. The monoisotopic (exact) mass is 241 g/mol. The van der Waals surface area contributed by atoms with Gasteiger partial charge in [-0.05, 0) is 13.8 Å². The number of carbonyl (C=O) groups excluding carboxylic acids is 1. The van der Waals surface area contributed by atoms with E-state index in [2.05, 4.69) is 10.4 Å². The van der Waals surface area contributed by atoms with Gasteiger partial charge >= 0.3 is 5.97 Å². The summed E-state index contributed by atoms with van der Waals surface area (Å²) in [6.45, 7) is 2.72. The fraction of sp³-hybridized carbons (Fsp3) is 0.500. The van der Waals surface area contributed by atoms with Crippen molar-refractivity contribution in [2.24, 2.45) is 7.05 Å². The molecule has 0 bridgehead atoms. The number of aromatic nitrogens is 2. The topological polar surface area (TPSA) is 104 Å². The van der Waals surface area contributed by atoms with Crippen LogP contribution in [0.4, 0.5) is 0 Å². The lowest BCUT2D eigenvalue weighted by molar-refractivity contribution is -0.140. The summed E-state index contributed by atoms with van der Waals surface area (Å²) in [5.74, 6) is -1.82. The predicted octanol–water partition coefficient (Wildman–Crippen LogP) is -0.788. The van der Waals surface area contributed by atoms with Gasteiger partial charge in [0.2, 0.25) is 0 Å². The molecular formula is C10H15N3O4. The van der Waals surface area contributed by atoms with E-state index >= 15 is 0 Å². The SMILES string of the molecule is Cc1nn(C)c(C)c1C(=O)N[C@@H](CO)C(=O)O. The molecule has 0 aromatic carbocycles. The Hall–Kier alpha value is -1.89. The van der Waals surface area contributed by atoms with Crippen molar-refractivity contribution >= 4 is 11.9 Å². The standard InChI is InChI=1S/C10H15N3O4/c1-5-8(6(2)13(3)12-5)9(15)11-7(4-14)10(16)17/h7,14H,4H2,1-3H3,(H,11,15)(H,16,17)/t7-/m0/s1. The first-order valence-electron chi connectivity index (χ1n) is 5.03. The maximum Gasteiger partial charge on any atom is 0.328 e. The Kier molecular flexibility index (Phi) is 3.84. The van der Waals surface area contributed by atoms with Crippen molar-refractivity contribution in [2.45, 2.75) is 19.9 Å². The molecular weight excluding hydrogens is 226 g/mol. The van der Waals surface area contributed by atoms with E-state index in [0.717, 1.165) is 0 Å². The largest absolute Gasteiger partial charge is 0.480 e. The summed E-state index contributed by atoms with van der Waals surface area (Å²) in [6.07, 6.45) is 0. The van der Waals surface area contributed by atoms with E-state index < -0.39 is 24.5 Å². The molecule has 0 fully saturated rings. The van der Waals surface area contributed by atoms with Gasteiger partial charge in [0.05, 0.1) is 17.9 Å². The van der Waals surface area contributed by atoms with Crippen LogP contribution >= 0.6 is 0 Å². The van der Waals surface area contributed by atoms with Crippen molar-refractivity contribution in [3.05, 3.63) is 17.0 Å². The van der Waals surface area contributed by atoms with Crippen LogP contribution < -0.4 is 5.32 Å². The summed E-state index contributed by atoms with van der Waals surface area (Å²) in [4.78, 5) is 22.5. The maximum atomic E-state index is 11.8. The summed E-state index contributed by atoms with van der Waals surface area (Å²) < 4.78 is 1.54. The normalized spacial score (nSPS) is 12.2. The lowest BCUT2D eigenvalue weighted by Gasteiger charge is -2.11. The zero-order valence-electron chi connectivity index (χ0n) is 9.89. The summed E-state index contributed by atoms with van der Waals surface area (Å²) in [6, 6.07) is -1.30. The highest BCUT2D eigenvalue weighted by Gasteiger charge is 2.23. The molecule has 1 heterocycles. The van der Waals surface area contributed by atoms with Gasteiger partial charge in [-0.25, -0.2) is 4.79 Å². The van der Waals surface area contributed by atoms with Crippen LogP contribution in [0.25, 0.3) is 0 Å². The van der Waals surface area contributed by atoms with Crippen molar-refractivity contribution in [2.75, 3.05) is 6.61 Å². The fourth-order valence-electron chi connectivity index (χ4n) is 1.52. The van der Waals surface area contributed by atoms with Gasteiger partial charge in [0.15, 0.2) is 6.04 Å². The van der Waals surface area contributed by atoms with Gasteiger partial charge in [-0.2, -0.15) is 5.10 Å². The average molecular weight is 241 g/mol. The minimum atomic E-state index is -1.30. The molecule has 0 aliphatic heterocycles. The number of aliphatic hydroxyl groups excluding tert-OH is 1. The molecule has 1 aromatic heterocycles. The second-order valence-corrected chi connectivity index (χ2v) is 3.72. The highest BCUT2D eigenvalue weighted by Crippen LogP contribution is 2.11. The van der Waals surface area contributed by atoms with Crippen molar-refractivity contribution in [3.8, 4) is 0 Å². The smallest absolute Gasteiger partial charge is 0.328 e. The van der Waals surface area contributed by atoms with Crippen LogP contribution in [0.5, 0.6) is 0 Å². The van der Waals surface area contributed by atoms with Crippen molar-refractivity contribution in [3.63, 3.8) is 0 Å². The summed E-state index contributed by atoms with van der Waals surface area (Å²) in [7, 11) is 1.69. The Morgan fingerprint density at radius 2 is 2.06 bits per heavy atom. The quantitative estimate of drug-likeness (QED) is 0.641. The van der Waals surface area contributed by atoms with Crippen LogP contribution in [-0.4, -0.2) is 44.5 Å². The van der Waals surface area contributed by atoms with Crippen LogP contribution in [0.2, 0.25) is 0 Å². The number of carbonyl (C=O) groups is 2. The first kappa shape index (κ1) is 13.2. The molecule has 0 aliphatic carbocycles. The molecule has 0 aliphatic rings. The van der Waals surface area contributed by atoms with Gasteiger partial charge in [-0.3, -0.25) is 9.48 Å². The zero-order valence-corrected chi connectivity index (χ0v) is 9.89. The third-order valence-electron chi connectivity index (χ3n) is 2.52. The third-order valence-corrected chi connectivity index (χ3v) is 2.52. The average Bonchev–Trinajstić information content (AvgIpc) is 2.49. The number of nitrogens with one attached hydrogen (secondary N) is 1. The summed E-state index contributed by atoms with van der Waals surface area (Å²) in [5.41, 5.74) is 1.50. The van der Waals surface area contributed by atoms with Crippen LogP contribution in [-0.2, 0) is 11.8 Å². The van der Waals surface area contributed by atoms with Gasteiger partial charge in [-0.1, -0.05) is 0 Å². The van der Waals surface area contributed by atoms with E-state index in [-0.39, 0.29) is 0 Å². The number of aliphatic carboxylic acids is 1. The van der Waals surface area contributed by atoms with Crippen LogP contribution in [0.1, 0.15) is 21.7 Å². The van der Waals surface area contributed by atoms with E-state index in [1.807, 2.05) is 0 Å². The van der Waals surface area contributed by atoms with Gasteiger partial charge in [0.1, 0.15) is 0 Å². The van der Waals surface area contributed by atoms with Gasteiger partial charge in [-0.15, -0.1) is 0 Å². The first-order chi connectivity index (χ1) is 7.88. The number of aryl methyl sites for hydroxylation is 2. The second kappa shape index (κ2) is 4.96. The minimum Gasteiger partial charge on any atom is -0.480 e. The Balaban J connectivity index is 2.94. The molecule has 0 radical (unpaired) electrons. The van der Waals surface area contributed by atoms with E-state index in [1.54, 1.807) is 25.6 Å². The molecule has 7 nitrogen and oxygen atoms in total. The molecule has 0 saturated heterocycles. The first-order valence-corrected chi connectivity index (χ1v) is 5.03. The molecule has 0 saturated carbocycles. The number of aliphatic hydroxyl groups is 1. The Morgan fingerprint density at radius 3 is 2.41 bits per heavy atom. The zero-order chi connectivity index (χ0) is 13.2. The number of hydrogen-bond acceptors (Lipinski definition) is 4. The molecule has 3 N–H and O–H groups in total. The van der Waals surface area contributed by atoms with Crippen molar-refractivity contribution < 1.29 is 19.8 Å². The van der Waals surface area contributed by atoms with Gasteiger partial charge < -0.3 is 15.5 Å². The molecule has 7 heteroatoms. The molecule has 1 atom stereocenters. The second-order valence-electron chi connectivity index (χ2n) is 3.72. The summed E-state index contributed by atoms with van der Waals surface area (Å²) >= 11 is 0. The lowest BCUT2D eigenvalue weighted by Crippen LogP contribution is -2.43. The molecule has 94 valence electrons. The maximum absolute atomic E-state index is 11.8. The van der Waals surface area contributed by atoms with E-state index in [1.165, 1.54) is 0 Å². The number of carboxylic acids is 1. The minimum absolute atomic E-state index is 0.340. The number of rotatable bonds is 4. The number of carboxylic acid groups (broad SMARTS) is 1. The van der Waals surface area contributed by atoms with E-state index in [9.17, 15) is 9.59 Å². The highest BCUT2D eigenvalue weighted by molar-refractivity contribution is 5.98. The number of hydrogen-bond donors (Lipinski definition) is 3. The van der Waals surface area contributed by atoms with Crippen LogP contribution in [0, 0.1) is 13.8 Å². The number of amides is 1. The molecule has 1 aromatic rings. The Morgan fingerprint density at radius 1 is 1.47 bits per heavy atom. The fourth-order valence-corrected chi connectivity index (χ4v) is 1.52. The van der Waals surface area contributed by atoms with E-state index in [4.69, 9.17) is 10.2 Å². The number of nitrogens with zero attached hydrogens (tertiary/aromatic N) is 2. The summed E-state index contributed by atoms with van der Waals surface area (Å²) in [5, 5.41) is 23.8. The molecule has 1 amide bonds. The molecule has 0 spiro atoms. The Labute approximate surface area is 98.1 Å². The third kappa shape index (κ3) is 2.62. The molecule has 1 rings (SSSR count). The van der Waals surface area contributed by atoms with Crippen molar-refractivity contribution in [1.82, 2.24) is 15.1 Å². The predicted molar refractivity (Wildman–Crippen MR) is 58.7 cm³/mol. The van der Waals surface area contributed by atoms with Crippen molar-refractivity contribution in [1.29, 1.82) is 0 Å². The lowest BCUT2D eigenvalue weighted by atomic mass is 10.1. The van der Waals surface area contributed by atoms with Crippen LogP contribution in [0.15, 0.2) is 0 Å². The van der Waals surface area contributed by atoms with E-state index in [0.29, 0.717) is 17.0 Å². The highest BCUT2D eigenvalue weighted by atomic mass is 16.4.